The molecule has 1 unspecified atom stereocenters. The Kier molecular flexibility index (Phi) is 6.97. The maximum atomic E-state index is 13.1. The molecule has 2 rings (SSSR count). The van der Waals surface area contributed by atoms with Gasteiger partial charge in [-0.2, -0.15) is 0 Å². The average Bonchev–Trinajstić information content (AvgIpc) is 2.94. The van der Waals surface area contributed by atoms with Crippen molar-refractivity contribution in [2.24, 2.45) is 0 Å². The molecule has 0 amide bonds. The fourth-order valence-electron chi connectivity index (χ4n) is 1.90. The largest absolute Gasteiger partial charge is 0.462 e. The van der Waals surface area contributed by atoms with Gasteiger partial charge in [0, 0.05) is 5.56 Å². The number of nitrogens with one attached hydrogen (secondary N) is 1. The van der Waals surface area contributed by atoms with Crippen LogP contribution in [0.15, 0.2) is 18.2 Å². The van der Waals surface area contributed by atoms with Crippen molar-refractivity contribution in [1.29, 1.82) is 0 Å². The minimum atomic E-state index is -0.541. The highest BCUT2D eigenvalue weighted by Gasteiger charge is 2.23. The van der Waals surface area contributed by atoms with Gasteiger partial charge < -0.3 is 10.1 Å². The molecule has 1 aliphatic rings. The molecule has 0 spiro atoms. The summed E-state index contributed by atoms with van der Waals surface area (Å²) in [6.45, 7) is 6.77. The van der Waals surface area contributed by atoms with Gasteiger partial charge in [-0.3, -0.25) is 9.59 Å². The molecule has 1 aliphatic heterocycles. The zero-order valence-corrected chi connectivity index (χ0v) is 13.7. The van der Waals surface area contributed by atoms with Gasteiger partial charge in [0.15, 0.2) is 5.78 Å². The molecule has 6 heteroatoms. The third-order valence-electron chi connectivity index (χ3n) is 2.98. The molecule has 4 nitrogen and oxygen atoms in total. The summed E-state index contributed by atoms with van der Waals surface area (Å²) in [5.74, 6) is -0.594. The summed E-state index contributed by atoms with van der Waals surface area (Å²) in [4.78, 5) is 21.4. The van der Waals surface area contributed by atoms with Gasteiger partial charge >= 0.3 is 0 Å². The second-order valence-electron chi connectivity index (χ2n) is 5.97. The van der Waals surface area contributed by atoms with E-state index in [1.165, 1.54) is 12.1 Å². The Balaban J connectivity index is 0.000000295. The van der Waals surface area contributed by atoms with Crippen molar-refractivity contribution in [3.8, 4) is 0 Å². The van der Waals surface area contributed by atoms with Crippen molar-refractivity contribution in [2.45, 2.75) is 45.3 Å². The van der Waals surface area contributed by atoms with Crippen LogP contribution in [-0.4, -0.2) is 30.4 Å². The van der Waals surface area contributed by atoms with E-state index in [-0.39, 0.29) is 22.4 Å². The van der Waals surface area contributed by atoms with Gasteiger partial charge in [0.2, 0.25) is 0 Å². The number of ether oxygens (including phenoxy) is 1. The number of Topliss-reactive ketones (excluding diaryl/α,β-unsaturated/α-hetero) is 1. The molecule has 122 valence electrons. The third-order valence-corrected chi connectivity index (χ3v) is 3.29. The fraction of sp³-hybridized carbons (Fsp3) is 0.500. The van der Waals surface area contributed by atoms with Crippen LogP contribution >= 0.6 is 11.6 Å². The molecule has 1 aromatic rings. The Labute approximate surface area is 135 Å². The number of benzene rings is 1. The topological polar surface area (TPSA) is 55.4 Å². The van der Waals surface area contributed by atoms with Crippen LogP contribution in [0.25, 0.3) is 0 Å². The van der Waals surface area contributed by atoms with Crippen molar-refractivity contribution in [3.63, 3.8) is 0 Å². The standard InChI is InChI=1S/C11H11ClFNO.C5H10O2/c12-8-4-3-7(6-9(8)13)11(15)10-2-1-5-14-10;1-5(2,3)7-4-6/h3-4,6,10,14H,1-2,5H2;4H,1-3H3. The molecule has 0 radical (unpaired) electrons. The van der Waals surface area contributed by atoms with E-state index in [1.54, 1.807) is 6.07 Å². The Hall–Kier alpha value is -1.46. The molecular formula is C16H21ClFNO3. The van der Waals surface area contributed by atoms with Gasteiger partial charge in [-0.1, -0.05) is 11.6 Å². The minimum absolute atomic E-state index is 0.0472. The lowest BCUT2D eigenvalue weighted by atomic mass is 10.0. The van der Waals surface area contributed by atoms with Crippen LogP contribution in [0.4, 0.5) is 4.39 Å². The average molecular weight is 330 g/mol. The number of halogens is 2. The van der Waals surface area contributed by atoms with Crippen molar-refractivity contribution in [2.75, 3.05) is 6.54 Å². The maximum Gasteiger partial charge on any atom is 0.293 e. The highest BCUT2D eigenvalue weighted by Crippen LogP contribution is 2.18. The van der Waals surface area contributed by atoms with Crippen molar-refractivity contribution >= 4 is 23.9 Å². The van der Waals surface area contributed by atoms with Crippen LogP contribution in [0.3, 0.4) is 0 Å². The molecule has 0 bridgehead atoms. The number of carbonyl (C=O) groups is 2. The second-order valence-corrected chi connectivity index (χ2v) is 6.38. The molecule has 1 N–H and O–H groups in total. The van der Waals surface area contributed by atoms with Gasteiger partial charge in [0.05, 0.1) is 11.1 Å². The van der Waals surface area contributed by atoms with Crippen LogP contribution in [0, 0.1) is 5.82 Å². The highest BCUT2D eigenvalue weighted by molar-refractivity contribution is 6.30. The van der Waals surface area contributed by atoms with Crippen molar-refractivity contribution in [1.82, 2.24) is 5.32 Å². The zero-order valence-electron chi connectivity index (χ0n) is 13.0. The summed E-state index contributed by atoms with van der Waals surface area (Å²) in [5, 5.41) is 3.13. The summed E-state index contributed by atoms with van der Waals surface area (Å²) in [6, 6.07) is 4.02. The Morgan fingerprint density at radius 1 is 1.45 bits per heavy atom. The molecule has 0 aliphatic carbocycles. The smallest absolute Gasteiger partial charge is 0.293 e. The SMILES string of the molecule is CC(C)(C)OC=O.O=C(c1ccc(Cl)c(F)c1)C1CCCN1. The zero-order chi connectivity index (χ0) is 16.8. The van der Waals surface area contributed by atoms with E-state index in [9.17, 15) is 14.0 Å². The van der Waals surface area contributed by atoms with Crippen LogP contribution < -0.4 is 5.32 Å². The summed E-state index contributed by atoms with van der Waals surface area (Å²) in [6.07, 6.45) is 1.82. The number of hydrogen-bond acceptors (Lipinski definition) is 4. The Morgan fingerprint density at radius 2 is 2.14 bits per heavy atom. The number of rotatable bonds is 3. The predicted octanol–water partition coefficient (Wildman–Crippen LogP) is 3.37. The maximum absolute atomic E-state index is 13.1. The molecular weight excluding hydrogens is 309 g/mol. The first-order chi connectivity index (χ1) is 10.2. The minimum Gasteiger partial charge on any atom is -0.462 e. The molecule has 1 atom stereocenters. The lowest BCUT2D eigenvalue weighted by Crippen LogP contribution is -2.30. The summed E-state index contributed by atoms with van der Waals surface area (Å²) in [5.41, 5.74) is 0.0678. The van der Waals surface area contributed by atoms with Gasteiger partial charge in [-0.25, -0.2) is 4.39 Å². The number of carbonyl (C=O) groups excluding carboxylic acids is 2. The van der Waals surface area contributed by atoms with E-state index in [2.05, 4.69) is 10.1 Å². The Bertz CT molecular complexity index is 523. The van der Waals surface area contributed by atoms with Gasteiger partial charge in [-0.15, -0.1) is 0 Å². The molecule has 0 saturated carbocycles. The molecule has 1 aromatic carbocycles. The Morgan fingerprint density at radius 3 is 2.55 bits per heavy atom. The first-order valence-corrected chi connectivity index (χ1v) is 7.46. The van der Waals surface area contributed by atoms with E-state index < -0.39 is 5.82 Å². The monoisotopic (exact) mass is 329 g/mol. The normalized spacial score (nSPS) is 17.4. The summed E-state index contributed by atoms with van der Waals surface area (Å²) < 4.78 is 17.7. The van der Waals surface area contributed by atoms with Crippen LogP contribution in [0.1, 0.15) is 44.0 Å². The quantitative estimate of drug-likeness (QED) is 0.682. The van der Waals surface area contributed by atoms with E-state index in [1.807, 2.05) is 20.8 Å². The molecule has 1 fully saturated rings. The number of hydrogen-bond donors (Lipinski definition) is 1. The third kappa shape index (κ3) is 6.12. The molecule has 1 saturated heterocycles. The van der Waals surface area contributed by atoms with Crippen molar-refractivity contribution < 1.29 is 18.7 Å². The van der Waals surface area contributed by atoms with Crippen LogP contribution in [0.5, 0.6) is 0 Å². The lowest BCUT2D eigenvalue weighted by Gasteiger charge is -2.14. The second kappa shape index (κ2) is 8.25. The van der Waals surface area contributed by atoms with Gasteiger partial charge in [-0.05, 0) is 58.4 Å². The number of ketones is 1. The van der Waals surface area contributed by atoms with Crippen molar-refractivity contribution in [3.05, 3.63) is 34.6 Å². The summed E-state index contributed by atoms with van der Waals surface area (Å²) in [7, 11) is 0. The van der Waals surface area contributed by atoms with E-state index in [0.29, 0.717) is 12.0 Å². The van der Waals surface area contributed by atoms with Gasteiger partial charge in [0.25, 0.3) is 6.47 Å². The molecule has 1 heterocycles. The fourth-order valence-corrected chi connectivity index (χ4v) is 2.02. The van der Waals surface area contributed by atoms with E-state index in [4.69, 9.17) is 11.6 Å². The van der Waals surface area contributed by atoms with E-state index >= 15 is 0 Å². The first kappa shape index (κ1) is 18.6. The lowest BCUT2D eigenvalue weighted by molar-refractivity contribution is -0.138. The van der Waals surface area contributed by atoms with Crippen LogP contribution in [-0.2, 0) is 9.53 Å². The van der Waals surface area contributed by atoms with Gasteiger partial charge in [0.1, 0.15) is 11.4 Å². The molecule has 0 aromatic heterocycles. The predicted molar refractivity (Wildman–Crippen MR) is 83.7 cm³/mol. The van der Waals surface area contributed by atoms with Crippen LogP contribution in [0.2, 0.25) is 5.02 Å². The first-order valence-electron chi connectivity index (χ1n) is 7.08. The molecule has 22 heavy (non-hydrogen) atoms. The van der Waals surface area contributed by atoms with E-state index in [0.717, 1.165) is 19.4 Å². The summed E-state index contributed by atoms with van der Waals surface area (Å²) >= 11 is 5.54. The highest BCUT2D eigenvalue weighted by atomic mass is 35.5.